The Morgan fingerprint density at radius 1 is 1.07 bits per heavy atom. The van der Waals surface area contributed by atoms with Crippen molar-refractivity contribution in [2.45, 2.75) is 49.0 Å². The van der Waals surface area contributed by atoms with Crippen LogP contribution in [0.15, 0.2) is 70.6 Å². The number of hydrogen-bond donors (Lipinski definition) is 0. The number of aromatic nitrogens is 1. The van der Waals surface area contributed by atoms with Crippen LogP contribution in [0.5, 0.6) is 5.88 Å². The number of rotatable bonds is 7. The third-order valence-electron chi connectivity index (χ3n) is 5.50. The molecule has 5 heteroatoms. The smallest absolute Gasteiger partial charge is 0.232 e. The maximum Gasteiger partial charge on any atom is 0.232 e. The first-order valence-electron chi connectivity index (χ1n) is 10.6. The van der Waals surface area contributed by atoms with Crippen LogP contribution in [0, 0.1) is 0 Å². The fourth-order valence-electron chi connectivity index (χ4n) is 3.90. The van der Waals surface area contributed by atoms with E-state index in [1.54, 1.807) is 6.20 Å². The van der Waals surface area contributed by atoms with Crippen molar-refractivity contribution in [3.05, 3.63) is 76.9 Å². The van der Waals surface area contributed by atoms with E-state index in [0.717, 1.165) is 32.4 Å². The highest BCUT2D eigenvalue weighted by Crippen LogP contribution is 2.35. The minimum absolute atomic E-state index is 0.104. The van der Waals surface area contributed by atoms with Gasteiger partial charge in [-0.25, -0.2) is 4.98 Å². The number of nitrogens with zero attached hydrogens (tertiary/aromatic N) is 2. The molecule has 1 aliphatic rings. The molecule has 0 N–H and O–H groups in total. The molecule has 0 spiro atoms. The molecule has 0 bridgehead atoms. The highest BCUT2D eigenvalue weighted by atomic mass is 35.5. The van der Waals surface area contributed by atoms with Crippen LogP contribution in [0.1, 0.15) is 31.4 Å². The summed E-state index contributed by atoms with van der Waals surface area (Å²) in [4.78, 5) is 9.33. The van der Waals surface area contributed by atoms with Crippen LogP contribution in [-0.4, -0.2) is 24.2 Å². The lowest BCUT2D eigenvalue weighted by atomic mass is 10.1. The molecule has 1 aromatic heterocycles. The van der Waals surface area contributed by atoms with Crippen molar-refractivity contribution in [2.24, 2.45) is 0 Å². The van der Waals surface area contributed by atoms with Crippen LogP contribution in [0.25, 0.3) is 0 Å². The predicted octanol–water partition coefficient (Wildman–Crippen LogP) is 6.67. The summed E-state index contributed by atoms with van der Waals surface area (Å²) >= 11 is 8.06. The number of benzene rings is 2. The fourth-order valence-corrected chi connectivity index (χ4v) is 5.15. The van der Waals surface area contributed by atoms with E-state index in [2.05, 4.69) is 66.2 Å². The van der Waals surface area contributed by atoms with Gasteiger partial charge in [-0.1, -0.05) is 55.4 Å². The van der Waals surface area contributed by atoms with Gasteiger partial charge in [-0.3, -0.25) is 0 Å². The minimum Gasteiger partial charge on any atom is -0.471 e. The number of ether oxygens (including phenoxy) is 1. The van der Waals surface area contributed by atoms with Crippen LogP contribution in [0.3, 0.4) is 0 Å². The number of pyridine rings is 1. The molecular weight excluding hydrogens is 412 g/mol. The standard InChI is InChI=1S/C25H27ClN2OS/c1-3-18-8-5-6-10-24(18)30-21-11-12-23(19(4-2)16-21)28-15-13-20(17-28)29-25-22(26)9-7-14-27-25/h5-12,14,16,20H,3-4,13,15,17H2,1-2H3/t20-/m0/s1. The molecule has 2 heterocycles. The SMILES string of the molecule is CCc1ccccc1Sc1ccc(N2CC[C@H](Oc3ncccc3Cl)C2)c(CC)c1. The van der Waals surface area contributed by atoms with Gasteiger partial charge in [0.15, 0.2) is 0 Å². The molecule has 4 rings (SSSR count). The van der Waals surface area contributed by atoms with Gasteiger partial charge in [-0.15, -0.1) is 0 Å². The van der Waals surface area contributed by atoms with Crippen LogP contribution in [0.2, 0.25) is 5.02 Å². The molecular formula is C25H27ClN2OS. The molecule has 30 heavy (non-hydrogen) atoms. The Bertz CT molecular complexity index is 1010. The highest BCUT2D eigenvalue weighted by Gasteiger charge is 2.26. The predicted molar refractivity (Wildman–Crippen MR) is 126 cm³/mol. The lowest BCUT2D eigenvalue weighted by molar-refractivity contribution is 0.216. The zero-order valence-electron chi connectivity index (χ0n) is 17.5. The van der Waals surface area contributed by atoms with Crippen molar-refractivity contribution in [3.63, 3.8) is 0 Å². The molecule has 156 valence electrons. The first-order chi connectivity index (χ1) is 14.7. The quantitative estimate of drug-likeness (QED) is 0.411. The van der Waals surface area contributed by atoms with E-state index in [1.807, 2.05) is 23.9 Å². The Balaban J connectivity index is 1.47. The molecule has 1 atom stereocenters. The largest absolute Gasteiger partial charge is 0.471 e. The number of aryl methyl sites for hydroxylation is 2. The second kappa shape index (κ2) is 9.76. The molecule has 0 aliphatic carbocycles. The van der Waals surface area contributed by atoms with E-state index in [1.165, 1.54) is 26.6 Å². The Hall–Kier alpha value is -2.17. The normalized spacial score (nSPS) is 16.1. The lowest BCUT2D eigenvalue weighted by Gasteiger charge is -2.22. The van der Waals surface area contributed by atoms with E-state index in [4.69, 9.17) is 16.3 Å². The summed E-state index contributed by atoms with van der Waals surface area (Å²) in [7, 11) is 0. The number of halogens is 1. The molecule has 0 amide bonds. The van der Waals surface area contributed by atoms with E-state index < -0.39 is 0 Å². The van der Waals surface area contributed by atoms with Crippen LogP contribution >= 0.6 is 23.4 Å². The molecule has 3 aromatic rings. The number of hydrogen-bond acceptors (Lipinski definition) is 4. The van der Waals surface area contributed by atoms with Gasteiger partial charge in [0.25, 0.3) is 0 Å². The summed E-state index contributed by atoms with van der Waals surface area (Å²) in [5.41, 5.74) is 4.09. The van der Waals surface area contributed by atoms with Crippen LogP contribution < -0.4 is 9.64 Å². The summed E-state index contributed by atoms with van der Waals surface area (Å²) in [6, 6.07) is 19.2. The number of anilines is 1. The second-order valence-corrected chi connectivity index (χ2v) is 8.99. The van der Waals surface area contributed by atoms with E-state index in [-0.39, 0.29) is 6.10 Å². The zero-order valence-corrected chi connectivity index (χ0v) is 19.0. The molecule has 0 unspecified atom stereocenters. The van der Waals surface area contributed by atoms with Gasteiger partial charge in [0.2, 0.25) is 5.88 Å². The monoisotopic (exact) mass is 438 g/mol. The average Bonchev–Trinajstić information content (AvgIpc) is 3.24. The Kier molecular flexibility index (Phi) is 6.86. The van der Waals surface area contributed by atoms with Gasteiger partial charge in [0, 0.05) is 34.6 Å². The van der Waals surface area contributed by atoms with Gasteiger partial charge >= 0.3 is 0 Å². The summed E-state index contributed by atoms with van der Waals surface area (Å²) in [6.07, 6.45) is 4.85. The topological polar surface area (TPSA) is 25.4 Å². The summed E-state index contributed by atoms with van der Waals surface area (Å²) in [5, 5.41) is 0.568. The van der Waals surface area contributed by atoms with Crippen molar-refractivity contribution in [1.29, 1.82) is 0 Å². The molecule has 3 nitrogen and oxygen atoms in total. The van der Waals surface area contributed by atoms with E-state index in [0.29, 0.717) is 10.9 Å². The third-order valence-corrected chi connectivity index (χ3v) is 6.90. The minimum atomic E-state index is 0.104. The average molecular weight is 439 g/mol. The molecule has 1 aliphatic heterocycles. The third kappa shape index (κ3) is 4.76. The van der Waals surface area contributed by atoms with Crippen molar-refractivity contribution in [1.82, 2.24) is 4.98 Å². The van der Waals surface area contributed by atoms with Crippen molar-refractivity contribution in [2.75, 3.05) is 18.0 Å². The second-order valence-electron chi connectivity index (χ2n) is 7.47. The van der Waals surface area contributed by atoms with Crippen LogP contribution in [-0.2, 0) is 12.8 Å². The van der Waals surface area contributed by atoms with E-state index >= 15 is 0 Å². The van der Waals surface area contributed by atoms with Crippen LogP contribution in [0.4, 0.5) is 5.69 Å². The Morgan fingerprint density at radius 3 is 2.70 bits per heavy atom. The fraction of sp³-hybridized carbons (Fsp3) is 0.320. The van der Waals surface area contributed by atoms with Gasteiger partial charge in [-0.05, 0) is 60.4 Å². The highest BCUT2D eigenvalue weighted by molar-refractivity contribution is 7.99. The lowest BCUT2D eigenvalue weighted by Crippen LogP contribution is -2.25. The Morgan fingerprint density at radius 2 is 1.90 bits per heavy atom. The summed E-state index contributed by atoms with van der Waals surface area (Å²) in [6.45, 7) is 6.27. The maximum absolute atomic E-state index is 6.21. The first kappa shape index (κ1) is 21.1. The van der Waals surface area contributed by atoms with Gasteiger partial charge in [0.05, 0.1) is 6.54 Å². The van der Waals surface area contributed by atoms with Crippen molar-refractivity contribution < 1.29 is 4.74 Å². The van der Waals surface area contributed by atoms with Crippen molar-refractivity contribution >= 4 is 29.1 Å². The Labute approximate surface area is 188 Å². The van der Waals surface area contributed by atoms with Gasteiger partial charge in [-0.2, -0.15) is 0 Å². The molecule has 2 aromatic carbocycles. The molecule has 0 radical (unpaired) electrons. The van der Waals surface area contributed by atoms with Gasteiger partial charge in [0.1, 0.15) is 11.1 Å². The summed E-state index contributed by atoms with van der Waals surface area (Å²) < 4.78 is 6.07. The first-order valence-corrected chi connectivity index (χ1v) is 11.8. The molecule has 1 fully saturated rings. The van der Waals surface area contributed by atoms with E-state index in [9.17, 15) is 0 Å². The maximum atomic E-state index is 6.21. The van der Waals surface area contributed by atoms with Crippen molar-refractivity contribution in [3.8, 4) is 5.88 Å². The molecule has 0 saturated carbocycles. The zero-order chi connectivity index (χ0) is 20.9. The summed E-state index contributed by atoms with van der Waals surface area (Å²) in [5.74, 6) is 0.531. The molecule has 1 saturated heterocycles. The van der Waals surface area contributed by atoms with Gasteiger partial charge < -0.3 is 9.64 Å².